The van der Waals surface area contributed by atoms with E-state index in [-0.39, 0.29) is 12.1 Å². The number of halogens is 1. The van der Waals surface area contributed by atoms with Gasteiger partial charge in [-0.25, -0.2) is 0 Å². The summed E-state index contributed by atoms with van der Waals surface area (Å²) in [7, 11) is 0. The largest absolute Gasteiger partial charge is 0.391 e. The number of aliphatic hydroxyl groups excluding tert-OH is 1. The van der Waals surface area contributed by atoms with Crippen molar-refractivity contribution in [2.75, 3.05) is 6.61 Å². The molecule has 3 atom stereocenters. The highest BCUT2D eigenvalue weighted by Crippen LogP contribution is 2.28. The predicted molar refractivity (Wildman–Crippen MR) is 86.5 cm³/mol. The van der Waals surface area contributed by atoms with Gasteiger partial charge in [-0.15, -0.1) is 0 Å². The van der Waals surface area contributed by atoms with Gasteiger partial charge in [0.25, 0.3) is 0 Å². The molecule has 2 aromatic rings. The first-order chi connectivity index (χ1) is 11.7. The van der Waals surface area contributed by atoms with Crippen LogP contribution in [0.2, 0.25) is 5.02 Å². The molecule has 0 aromatic carbocycles. The fourth-order valence-corrected chi connectivity index (χ4v) is 3.79. The van der Waals surface area contributed by atoms with Crippen molar-refractivity contribution in [1.82, 2.24) is 20.3 Å². The Bertz CT molecular complexity index is 701. The van der Waals surface area contributed by atoms with Crippen LogP contribution in [0.15, 0.2) is 16.9 Å². The maximum absolute atomic E-state index is 10.3. The van der Waals surface area contributed by atoms with E-state index in [9.17, 15) is 5.11 Å². The third-order valence-electron chi connectivity index (χ3n) is 4.88. The summed E-state index contributed by atoms with van der Waals surface area (Å²) in [4.78, 5) is 0. The van der Waals surface area contributed by atoms with E-state index in [0.29, 0.717) is 30.7 Å². The molecule has 130 valence electrons. The van der Waals surface area contributed by atoms with Crippen molar-refractivity contribution < 1.29 is 14.4 Å². The SMILES string of the molecule is O[C@@H]1CC(Cn2cc(Cl)cn2)C[C@H]1NCc1noc2c1COCC2. The van der Waals surface area contributed by atoms with Crippen LogP contribution in [0.25, 0.3) is 0 Å². The maximum atomic E-state index is 10.3. The Kier molecular flexibility index (Phi) is 4.58. The third-order valence-corrected chi connectivity index (χ3v) is 5.07. The van der Waals surface area contributed by atoms with Crippen molar-refractivity contribution >= 4 is 11.6 Å². The first kappa shape index (κ1) is 16.1. The molecule has 1 aliphatic heterocycles. The topological polar surface area (TPSA) is 85.3 Å². The lowest BCUT2D eigenvalue weighted by atomic mass is 10.1. The summed E-state index contributed by atoms with van der Waals surface area (Å²) in [5.41, 5.74) is 1.95. The normalized spacial score (nSPS) is 26.7. The molecule has 0 radical (unpaired) electrons. The van der Waals surface area contributed by atoms with E-state index in [1.165, 1.54) is 0 Å². The van der Waals surface area contributed by atoms with E-state index in [2.05, 4.69) is 15.6 Å². The second kappa shape index (κ2) is 6.84. The lowest BCUT2D eigenvalue weighted by Crippen LogP contribution is -2.35. The van der Waals surface area contributed by atoms with Crippen LogP contribution in [0.4, 0.5) is 0 Å². The van der Waals surface area contributed by atoms with E-state index in [1.54, 1.807) is 6.20 Å². The molecule has 8 heteroatoms. The number of aliphatic hydroxyl groups is 1. The Balaban J connectivity index is 1.33. The molecule has 0 bridgehead atoms. The number of nitrogens with one attached hydrogen (secondary N) is 1. The van der Waals surface area contributed by atoms with Gasteiger partial charge in [0.05, 0.1) is 30.5 Å². The van der Waals surface area contributed by atoms with E-state index in [0.717, 1.165) is 42.8 Å². The van der Waals surface area contributed by atoms with E-state index in [1.807, 2.05) is 10.9 Å². The minimum Gasteiger partial charge on any atom is -0.391 e. The van der Waals surface area contributed by atoms with Crippen molar-refractivity contribution in [2.24, 2.45) is 5.92 Å². The fraction of sp³-hybridized carbons (Fsp3) is 0.625. The van der Waals surface area contributed by atoms with Crippen LogP contribution in [0.1, 0.15) is 29.9 Å². The quantitative estimate of drug-likeness (QED) is 0.848. The van der Waals surface area contributed by atoms with Crippen LogP contribution >= 0.6 is 11.6 Å². The highest BCUT2D eigenvalue weighted by atomic mass is 35.5. The monoisotopic (exact) mass is 352 g/mol. The Morgan fingerprint density at radius 3 is 3.17 bits per heavy atom. The summed E-state index contributed by atoms with van der Waals surface area (Å²) in [5, 5.41) is 22.7. The van der Waals surface area contributed by atoms with Crippen LogP contribution < -0.4 is 5.32 Å². The molecule has 1 unspecified atom stereocenters. The van der Waals surface area contributed by atoms with Gasteiger partial charge in [0.15, 0.2) is 0 Å². The van der Waals surface area contributed by atoms with Gasteiger partial charge >= 0.3 is 0 Å². The van der Waals surface area contributed by atoms with Gasteiger partial charge in [0.2, 0.25) is 0 Å². The van der Waals surface area contributed by atoms with Gasteiger partial charge < -0.3 is 19.7 Å². The molecule has 1 saturated carbocycles. The summed E-state index contributed by atoms with van der Waals surface area (Å²) in [6.07, 6.45) is 5.53. The smallest absolute Gasteiger partial charge is 0.144 e. The third kappa shape index (κ3) is 3.35. The number of hydrogen-bond acceptors (Lipinski definition) is 6. The molecule has 1 fully saturated rings. The Morgan fingerprint density at radius 1 is 1.42 bits per heavy atom. The molecule has 4 rings (SSSR count). The molecular weight excluding hydrogens is 332 g/mol. The molecule has 24 heavy (non-hydrogen) atoms. The first-order valence-corrected chi connectivity index (χ1v) is 8.70. The van der Waals surface area contributed by atoms with Gasteiger partial charge in [-0.2, -0.15) is 5.10 Å². The van der Waals surface area contributed by atoms with Crippen molar-refractivity contribution in [3.8, 4) is 0 Å². The minimum atomic E-state index is -0.361. The lowest BCUT2D eigenvalue weighted by Gasteiger charge is -2.16. The van der Waals surface area contributed by atoms with Gasteiger partial charge in [-0.05, 0) is 18.8 Å². The van der Waals surface area contributed by atoms with Gasteiger partial charge in [-0.1, -0.05) is 16.8 Å². The zero-order chi connectivity index (χ0) is 16.5. The summed E-state index contributed by atoms with van der Waals surface area (Å²) in [6, 6.07) is 0.0536. The van der Waals surface area contributed by atoms with Crippen molar-refractivity contribution in [2.45, 2.75) is 51.1 Å². The van der Waals surface area contributed by atoms with Crippen LogP contribution in [0.5, 0.6) is 0 Å². The molecule has 0 saturated heterocycles. The van der Waals surface area contributed by atoms with Gasteiger partial charge in [0, 0.05) is 37.3 Å². The highest BCUT2D eigenvalue weighted by molar-refractivity contribution is 6.30. The molecular formula is C16H21ClN4O3. The standard InChI is InChI=1S/C16H21ClN4O3/c17-11-5-19-21(8-11)7-10-3-13(15(22)4-10)18-6-14-12-9-23-2-1-16(12)24-20-14/h5,8,10,13,15,18,22H,1-4,6-7,9H2/t10?,13-,15-/m1/s1. The van der Waals surface area contributed by atoms with Crippen LogP contribution in [0.3, 0.4) is 0 Å². The Morgan fingerprint density at radius 2 is 2.33 bits per heavy atom. The molecule has 2 aliphatic rings. The predicted octanol–water partition coefficient (Wildman–Crippen LogP) is 1.53. The fourth-order valence-electron chi connectivity index (χ4n) is 3.64. The average Bonchev–Trinajstić information content (AvgIpc) is 3.25. The Labute approximate surface area is 144 Å². The summed E-state index contributed by atoms with van der Waals surface area (Å²) >= 11 is 5.90. The molecule has 7 nitrogen and oxygen atoms in total. The summed E-state index contributed by atoms with van der Waals surface area (Å²) in [6.45, 7) is 2.61. The van der Waals surface area contributed by atoms with E-state index >= 15 is 0 Å². The maximum Gasteiger partial charge on any atom is 0.144 e. The van der Waals surface area contributed by atoms with Gasteiger partial charge in [0.1, 0.15) is 11.5 Å². The lowest BCUT2D eigenvalue weighted by molar-refractivity contribution is 0.102. The second-order valence-corrected chi connectivity index (χ2v) is 7.04. The highest BCUT2D eigenvalue weighted by Gasteiger charge is 2.33. The molecule has 0 spiro atoms. The minimum absolute atomic E-state index is 0.0536. The number of fused-ring (bicyclic) bond motifs is 1. The van der Waals surface area contributed by atoms with Crippen molar-refractivity contribution in [3.05, 3.63) is 34.4 Å². The van der Waals surface area contributed by atoms with Crippen molar-refractivity contribution in [1.29, 1.82) is 0 Å². The van der Waals surface area contributed by atoms with Crippen LogP contribution in [-0.2, 0) is 30.9 Å². The second-order valence-electron chi connectivity index (χ2n) is 6.61. The zero-order valence-electron chi connectivity index (χ0n) is 13.3. The van der Waals surface area contributed by atoms with Crippen LogP contribution in [0, 0.1) is 5.92 Å². The average molecular weight is 353 g/mol. The molecule has 1 aliphatic carbocycles. The van der Waals surface area contributed by atoms with Crippen LogP contribution in [-0.4, -0.2) is 38.8 Å². The Hall–Kier alpha value is -1.41. The number of nitrogens with zero attached hydrogens (tertiary/aromatic N) is 3. The molecule has 2 aromatic heterocycles. The molecule has 2 N–H and O–H groups in total. The van der Waals surface area contributed by atoms with Crippen molar-refractivity contribution in [3.63, 3.8) is 0 Å². The first-order valence-electron chi connectivity index (χ1n) is 8.32. The summed E-state index contributed by atoms with van der Waals surface area (Å²) in [5.74, 6) is 1.31. The van der Waals surface area contributed by atoms with E-state index in [4.69, 9.17) is 20.9 Å². The number of aromatic nitrogens is 3. The number of rotatable bonds is 5. The van der Waals surface area contributed by atoms with Gasteiger partial charge in [-0.3, -0.25) is 4.68 Å². The molecule has 3 heterocycles. The summed E-state index contributed by atoms with van der Waals surface area (Å²) < 4.78 is 12.7. The zero-order valence-corrected chi connectivity index (χ0v) is 14.1. The number of ether oxygens (including phenoxy) is 1. The number of hydrogen-bond donors (Lipinski definition) is 2. The molecule has 0 amide bonds. The van der Waals surface area contributed by atoms with E-state index < -0.39 is 0 Å².